The van der Waals surface area contributed by atoms with Crippen molar-refractivity contribution >= 4 is 16.8 Å². The van der Waals surface area contributed by atoms with Gasteiger partial charge >= 0.3 is 5.97 Å². The van der Waals surface area contributed by atoms with Crippen LogP contribution in [0.2, 0.25) is 0 Å². The van der Waals surface area contributed by atoms with E-state index < -0.39 is 22.6 Å². The van der Waals surface area contributed by atoms with E-state index in [0.717, 1.165) is 0 Å². The van der Waals surface area contributed by atoms with Gasteiger partial charge in [-0.25, -0.2) is 9.18 Å². The van der Waals surface area contributed by atoms with E-state index in [1.807, 2.05) is 0 Å². The molecule has 0 saturated heterocycles. The Morgan fingerprint density at radius 2 is 2.24 bits per heavy atom. The molecule has 0 aliphatic carbocycles. The number of carboxylic acid groups (broad SMARTS) is 1. The molecule has 0 amide bonds. The highest BCUT2D eigenvalue weighted by molar-refractivity contribution is 7.84. The van der Waals surface area contributed by atoms with Gasteiger partial charge in [0.25, 0.3) is 0 Å². The lowest BCUT2D eigenvalue weighted by Gasteiger charge is -2.05. The summed E-state index contributed by atoms with van der Waals surface area (Å²) in [4.78, 5) is 10.6. The van der Waals surface area contributed by atoms with Crippen molar-refractivity contribution in [2.75, 3.05) is 18.6 Å². The third kappa shape index (κ3) is 4.62. The number of nitrogens with one attached hydrogen (secondary N) is 1. The van der Waals surface area contributed by atoms with Crippen LogP contribution in [0.25, 0.3) is 0 Å². The van der Waals surface area contributed by atoms with Gasteiger partial charge in [0, 0.05) is 35.9 Å². The van der Waals surface area contributed by atoms with Crippen LogP contribution >= 0.6 is 0 Å². The highest BCUT2D eigenvalue weighted by Gasteiger charge is 2.09. The minimum Gasteiger partial charge on any atom is -0.478 e. The molecule has 1 aromatic carbocycles. The molecular weight excluding hydrogens is 245 g/mol. The largest absolute Gasteiger partial charge is 0.478 e. The lowest BCUT2D eigenvalue weighted by atomic mass is 10.1. The Hall–Kier alpha value is -1.27. The lowest BCUT2D eigenvalue weighted by molar-refractivity contribution is 0.0692. The number of benzene rings is 1. The molecule has 1 aromatic rings. The Kier molecular flexibility index (Phi) is 5.24. The molecule has 0 fully saturated rings. The first-order valence-corrected chi connectivity index (χ1v) is 6.76. The van der Waals surface area contributed by atoms with Crippen molar-refractivity contribution in [2.45, 2.75) is 6.54 Å². The first-order chi connectivity index (χ1) is 8.00. The van der Waals surface area contributed by atoms with E-state index >= 15 is 0 Å². The SMILES string of the molecule is CS(=O)CCNCc1ccc(C(=O)O)c(F)c1. The predicted molar refractivity (Wildman–Crippen MR) is 64.0 cm³/mol. The summed E-state index contributed by atoms with van der Waals surface area (Å²) in [6.07, 6.45) is 1.61. The lowest BCUT2D eigenvalue weighted by Crippen LogP contribution is -2.19. The second kappa shape index (κ2) is 6.46. The zero-order valence-corrected chi connectivity index (χ0v) is 10.2. The van der Waals surface area contributed by atoms with E-state index in [2.05, 4.69) is 5.32 Å². The normalized spacial score (nSPS) is 12.4. The molecule has 94 valence electrons. The van der Waals surface area contributed by atoms with Crippen molar-refractivity contribution in [1.82, 2.24) is 5.32 Å². The molecule has 6 heteroatoms. The summed E-state index contributed by atoms with van der Waals surface area (Å²) in [5.41, 5.74) is 0.331. The standard InChI is InChI=1S/C11H14FNO3S/c1-17(16)5-4-13-7-8-2-3-9(11(14)15)10(12)6-8/h2-3,6,13H,4-5,7H2,1H3,(H,14,15). The number of hydrogen-bond acceptors (Lipinski definition) is 3. The van der Waals surface area contributed by atoms with Crippen LogP contribution in [0.1, 0.15) is 15.9 Å². The van der Waals surface area contributed by atoms with Gasteiger partial charge in [-0.15, -0.1) is 0 Å². The number of carboxylic acids is 1. The molecule has 0 heterocycles. The van der Waals surface area contributed by atoms with E-state index in [1.54, 1.807) is 12.3 Å². The summed E-state index contributed by atoms with van der Waals surface area (Å²) >= 11 is 0. The van der Waals surface area contributed by atoms with Crippen LogP contribution in [0.4, 0.5) is 4.39 Å². The number of hydrogen-bond donors (Lipinski definition) is 2. The Bertz CT molecular complexity index is 437. The van der Waals surface area contributed by atoms with Gasteiger partial charge in [0.1, 0.15) is 5.82 Å². The van der Waals surface area contributed by atoms with E-state index in [9.17, 15) is 13.4 Å². The predicted octanol–water partition coefficient (Wildman–Crippen LogP) is 0.992. The number of aromatic carboxylic acids is 1. The maximum atomic E-state index is 13.3. The van der Waals surface area contributed by atoms with Gasteiger partial charge in [0.15, 0.2) is 0 Å². The zero-order chi connectivity index (χ0) is 12.8. The van der Waals surface area contributed by atoms with Crippen molar-refractivity contribution < 1.29 is 18.5 Å². The molecule has 1 rings (SSSR count). The van der Waals surface area contributed by atoms with E-state index in [1.165, 1.54) is 12.1 Å². The second-order valence-corrected chi connectivity index (χ2v) is 5.13. The van der Waals surface area contributed by atoms with Gasteiger partial charge in [-0.05, 0) is 17.7 Å². The average molecular weight is 259 g/mol. The van der Waals surface area contributed by atoms with Crippen molar-refractivity contribution in [3.8, 4) is 0 Å². The summed E-state index contributed by atoms with van der Waals surface area (Å²) in [6.45, 7) is 0.999. The molecule has 0 aromatic heterocycles. The summed E-state index contributed by atoms with van der Waals surface area (Å²) < 4.78 is 24.1. The molecule has 0 radical (unpaired) electrons. The molecule has 17 heavy (non-hydrogen) atoms. The summed E-state index contributed by atoms with van der Waals surface area (Å²) in [7, 11) is -0.852. The van der Waals surface area contributed by atoms with E-state index in [-0.39, 0.29) is 5.56 Å². The second-order valence-electron chi connectivity index (χ2n) is 3.57. The Morgan fingerprint density at radius 3 is 2.76 bits per heavy atom. The van der Waals surface area contributed by atoms with Gasteiger partial charge in [0.05, 0.1) is 5.56 Å². The number of rotatable bonds is 6. The number of carbonyl (C=O) groups is 1. The van der Waals surface area contributed by atoms with Crippen LogP contribution in [-0.2, 0) is 17.3 Å². The fourth-order valence-electron chi connectivity index (χ4n) is 1.29. The Morgan fingerprint density at radius 1 is 1.53 bits per heavy atom. The van der Waals surface area contributed by atoms with Crippen molar-refractivity contribution in [1.29, 1.82) is 0 Å². The molecule has 0 aliphatic heterocycles. The summed E-state index contributed by atoms with van der Waals surface area (Å²) in [5, 5.41) is 11.6. The molecule has 4 nitrogen and oxygen atoms in total. The molecule has 0 spiro atoms. The van der Waals surface area contributed by atoms with Gasteiger partial charge in [-0.2, -0.15) is 0 Å². The van der Waals surface area contributed by atoms with Gasteiger partial charge < -0.3 is 10.4 Å². The molecule has 1 unspecified atom stereocenters. The first-order valence-electron chi connectivity index (χ1n) is 5.03. The maximum Gasteiger partial charge on any atom is 0.338 e. The molecule has 1 atom stereocenters. The van der Waals surface area contributed by atoms with Crippen molar-refractivity contribution in [3.63, 3.8) is 0 Å². The quantitative estimate of drug-likeness (QED) is 0.748. The van der Waals surface area contributed by atoms with Gasteiger partial charge in [-0.3, -0.25) is 4.21 Å². The smallest absolute Gasteiger partial charge is 0.338 e. The van der Waals surface area contributed by atoms with E-state index in [0.29, 0.717) is 24.4 Å². The zero-order valence-electron chi connectivity index (χ0n) is 9.40. The fraction of sp³-hybridized carbons (Fsp3) is 0.364. The summed E-state index contributed by atoms with van der Waals surface area (Å²) in [6, 6.07) is 3.99. The highest BCUT2D eigenvalue weighted by Crippen LogP contribution is 2.10. The highest BCUT2D eigenvalue weighted by atomic mass is 32.2. The minimum atomic E-state index is -1.27. The molecular formula is C11H14FNO3S. The van der Waals surface area contributed by atoms with Crippen LogP contribution in [0.3, 0.4) is 0 Å². The van der Waals surface area contributed by atoms with E-state index in [4.69, 9.17) is 5.11 Å². The van der Waals surface area contributed by atoms with Crippen LogP contribution in [0.5, 0.6) is 0 Å². The van der Waals surface area contributed by atoms with Crippen LogP contribution in [-0.4, -0.2) is 33.8 Å². The van der Waals surface area contributed by atoms with Crippen molar-refractivity contribution in [3.05, 3.63) is 35.1 Å². The fourth-order valence-corrected chi connectivity index (χ4v) is 1.72. The Labute approximate surface area is 101 Å². The summed E-state index contributed by atoms with van der Waals surface area (Å²) in [5.74, 6) is -1.48. The third-order valence-corrected chi connectivity index (χ3v) is 2.94. The van der Waals surface area contributed by atoms with Crippen LogP contribution in [0, 0.1) is 5.82 Å². The van der Waals surface area contributed by atoms with Crippen LogP contribution in [0.15, 0.2) is 18.2 Å². The molecule has 0 aliphatic rings. The average Bonchev–Trinajstić information content (AvgIpc) is 2.23. The monoisotopic (exact) mass is 259 g/mol. The van der Waals surface area contributed by atoms with Crippen molar-refractivity contribution in [2.24, 2.45) is 0 Å². The topological polar surface area (TPSA) is 66.4 Å². The van der Waals surface area contributed by atoms with Gasteiger partial charge in [-0.1, -0.05) is 6.07 Å². The molecule has 2 N–H and O–H groups in total. The molecule has 0 saturated carbocycles. The Balaban J connectivity index is 2.53. The number of halogens is 1. The minimum absolute atomic E-state index is 0.330. The van der Waals surface area contributed by atoms with Gasteiger partial charge in [0.2, 0.25) is 0 Å². The third-order valence-electron chi connectivity index (χ3n) is 2.16. The first kappa shape index (κ1) is 13.8. The van der Waals surface area contributed by atoms with Crippen LogP contribution < -0.4 is 5.32 Å². The molecule has 0 bridgehead atoms. The maximum absolute atomic E-state index is 13.3.